The third-order valence-electron chi connectivity index (χ3n) is 2.51. The van der Waals surface area contributed by atoms with Gasteiger partial charge in [-0.1, -0.05) is 0 Å². The van der Waals surface area contributed by atoms with Crippen LogP contribution in [0.1, 0.15) is 41.1 Å². The Morgan fingerprint density at radius 1 is 1.47 bits per heavy atom. The zero-order chi connectivity index (χ0) is 12.7. The molecule has 0 fully saturated rings. The molecule has 0 saturated heterocycles. The fourth-order valence-corrected chi connectivity index (χ4v) is 1.73. The minimum Gasteiger partial charge on any atom is -0.456 e. The van der Waals surface area contributed by atoms with Crippen molar-refractivity contribution < 1.29 is 14.3 Å². The maximum atomic E-state index is 11.7. The Labute approximate surface area is 106 Å². The van der Waals surface area contributed by atoms with Crippen LogP contribution in [0.2, 0.25) is 0 Å². The molecular weight excluding hydrogens is 242 g/mol. The number of aliphatic hydroxyl groups excluding tert-OH is 1. The van der Waals surface area contributed by atoms with Crippen molar-refractivity contribution in [1.82, 2.24) is 5.32 Å². The van der Waals surface area contributed by atoms with Gasteiger partial charge < -0.3 is 14.8 Å². The van der Waals surface area contributed by atoms with E-state index in [4.69, 9.17) is 21.1 Å². The normalized spacial score (nSPS) is 10.5. The molecule has 1 aromatic rings. The summed E-state index contributed by atoms with van der Waals surface area (Å²) in [5.74, 6) is 1.12. The Morgan fingerprint density at radius 3 is 2.82 bits per heavy atom. The summed E-state index contributed by atoms with van der Waals surface area (Å²) in [5, 5.41) is 11.4. The number of amides is 1. The molecule has 0 spiro atoms. The van der Waals surface area contributed by atoms with E-state index in [1.54, 1.807) is 13.0 Å². The number of carbonyl (C=O) groups excluding carboxylic acids is 1. The highest BCUT2D eigenvalue weighted by atomic mass is 35.5. The fraction of sp³-hybridized carbons (Fsp3) is 0.583. The highest BCUT2D eigenvalue weighted by Gasteiger charge is 2.13. The molecule has 4 nitrogen and oxygen atoms in total. The van der Waals surface area contributed by atoms with Gasteiger partial charge in [0.15, 0.2) is 5.76 Å². The first-order chi connectivity index (χ1) is 8.19. The molecule has 1 amide bonds. The van der Waals surface area contributed by atoms with Gasteiger partial charge in [0.1, 0.15) is 5.76 Å². The molecule has 1 heterocycles. The molecule has 1 aromatic heterocycles. The molecule has 1 rings (SSSR count). The summed E-state index contributed by atoms with van der Waals surface area (Å²) in [6, 6.07) is 1.67. The van der Waals surface area contributed by atoms with Crippen LogP contribution in [0.5, 0.6) is 0 Å². The Morgan fingerprint density at radius 2 is 2.24 bits per heavy atom. The molecule has 0 atom stereocenters. The molecule has 0 aromatic carbocycles. The summed E-state index contributed by atoms with van der Waals surface area (Å²) in [5.41, 5.74) is 0.845. The number of halogens is 1. The van der Waals surface area contributed by atoms with Crippen LogP contribution >= 0.6 is 11.6 Å². The molecule has 96 valence electrons. The Hall–Kier alpha value is -1.00. The van der Waals surface area contributed by atoms with Crippen LogP contribution < -0.4 is 5.32 Å². The molecule has 0 aliphatic heterocycles. The third-order valence-corrected chi connectivity index (χ3v) is 2.80. The highest BCUT2D eigenvalue weighted by molar-refractivity contribution is 6.17. The molecule has 0 saturated carbocycles. The zero-order valence-corrected chi connectivity index (χ0v) is 10.7. The first-order valence-corrected chi connectivity index (χ1v) is 6.26. The van der Waals surface area contributed by atoms with Crippen molar-refractivity contribution >= 4 is 17.5 Å². The highest BCUT2D eigenvalue weighted by Crippen LogP contribution is 2.16. The van der Waals surface area contributed by atoms with E-state index in [-0.39, 0.29) is 12.5 Å². The molecule has 0 aliphatic rings. The van der Waals surface area contributed by atoms with Crippen molar-refractivity contribution in [3.05, 3.63) is 23.2 Å². The minimum absolute atomic E-state index is 0.199. The smallest absolute Gasteiger partial charge is 0.287 e. The van der Waals surface area contributed by atoms with Gasteiger partial charge in [-0.15, -0.1) is 11.6 Å². The molecule has 17 heavy (non-hydrogen) atoms. The van der Waals surface area contributed by atoms with Crippen molar-refractivity contribution in [3.63, 3.8) is 0 Å². The number of alkyl halides is 1. The lowest BCUT2D eigenvalue weighted by molar-refractivity contribution is 0.0924. The largest absolute Gasteiger partial charge is 0.456 e. The SMILES string of the molecule is Cc1oc(C(=O)NCCCCCO)cc1CCl. The van der Waals surface area contributed by atoms with Crippen LogP contribution in [0.15, 0.2) is 10.5 Å². The predicted molar refractivity (Wildman–Crippen MR) is 66.3 cm³/mol. The van der Waals surface area contributed by atoms with Crippen molar-refractivity contribution in [2.45, 2.75) is 32.1 Å². The van der Waals surface area contributed by atoms with Crippen LogP contribution in [0.25, 0.3) is 0 Å². The van der Waals surface area contributed by atoms with Gasteiger partial charge in [-0.3, -0.25) is 4.79 Å². The van der Waals surface area contributed by atoms with Crippen LogP contribution in [0.3, 0.4) is 0 Å². The van der Waals surface area contributed by atoms with Gasteiger partial charge in [0.05, 0.1) is 5.88 Å². The molecule has 0 bridgehead atoms. The first-order valence-electron chi connectivity index (χ1n) is 5.73. The molecular formula is C12H18ClNO3. The average Bonchev–Trinajstić information content (AvgIpc) is 2.70. The molecule has 0 unspecified atom stereocenters. The number of carbonyl (C=O) groups is 1. The number of hydrogen-bond donors (Lipinski definition) is 2. The summed E-state index contributed by atoms with van der Waals surface area (Å²) in [6.45, 7) is 2.58. The molecule has 5 heteroatoms. The van der Waals surface area contributed by atoms with E-state index < -0.39 is 0 Å². The number of aliphatic hydroxyl groups is 1. The lowest BCUT2D eigenvalue weighted by Gasteiger charge is -2.02. The molecule has 2 N–H and O–H groups in total. The van der Waals surface area contributed by atoms with Gasteiger partial charge in [0.2, 0.25) is 0 Å². The van der Waals surface area contributed by atoms with Crippen molar-refractivity contribution in [3.8, 4) is 0 Å². The number of unbranched alkanes of at least 4 members (excludes halogenated alkanes) is 2. The van der Waals surface area contributed by atoms with E-state index >= 15 is 0 Å². The van der Waals surface area contributed by atoms with Crippen molar-refractivity contribution in [2.24, 2.45) is 0 Å². The third kappa shape index (κ3) is 4.40. The van der Waals surface area contributed by atoms with Gasteiger partial charge in [-0.2, -0.15) is 0 Å². The maximum Gasteiger partial charge on any atom is 0.287 e. The zero-order valence-electron chi connectivity index (χ0n) is 9.96. The first kappa shape index (κ1) is 14.1. The van der Waals surface area contributed by atoms with Gasteiger partial charge in [-0.05, 0) is 32.3 Å². The average molecular weight is 260 g/mol. The Kier molecular flexibility index (Phi) is 6.08. The predicted octanol–water partition coefficient (Wildman–Crippen LogP) is 2.22. The molecule has 0 radical (unpaired) electrons. The lowest BCUT2D eigenvalue weighted by atomic mass is 10.2. The van der Waals surface area contributed by atoms with E-state index in [0.717, 1.165) is 24.8 Å². The van der Waals surface area contributed by atoms with Crippen LogP contribution in [0, 0.1) is 6.92 Å². The number of hydrogen-bond acceptors (Lipinski definition) is 3. The number of aryl methyl sites for hydroxylation is 1. The van der Waals surface area contributed by atoms with Gasteiger partial charge in [0.25, 0.3) is 5.91 Å². The van der Waals surface area contributed by atoms with E-state index in [0.29, 0.717) is 23.9 Å². The number of nitrogens with one attached hydrogen (secondary N) is 1. The minimum atomic E-state index is -0.214. The summed E-state index contributed by atoms with van der Waals surface area (Å²) in [7, 11) is 0. The van der Waals surface area contributed by atoms with Gasteiger partial charge in [0, 0.05) is 18.7 Å². The fourth-order valence-electron chi connectivity index (χ4n) is 1.47. The quantitative estimate of drug-likeness (QED) is 0.583. The summed E-state index contributed by atoms with van der Waals surface area (Å²) < 4.78 is 5.31. The van der Waals surface area contributed by atoms with Gasteiger partial charge in [-0.25, -0.2) is 0 Å². The second-order valence-corrected chi connectivity index (χ2v) is 4.13. The van der Waals surface area contributed by atoms with Crippen molar-refractivity contribution in [1.29, 1.82) is 0 Å². The van der Waals surface area contributed by atoms with Crippen LogP contribution in [0.4, 0.5) is 0 Å². The van der Waals surface area contributed by atoms with E-state index in [9.17, 15) is 4.79 Å². The second kappa shape index (κ2) is 7.35. The number of rotatable bonds is 7. The molecule has 0 aliphatic carbocycles. The lowest BCUT2D eigenvalue weighted by Crippen LogP contribution is -2.23. The van der Waals surface area contributed by atoms with Gasteiger partial charge >= 0.3 is 0 Å². The summed E-state index contributed by atoms with van der Waals surface area (Å²) in [4.78, 5) is 11.7. The van der Waals surface area contributed by atoms with E-state index in [1.165, 1.54) is 0 Å². The number of furan rings is 1. The van der Waals surface area contributed by atoms with Crippen LogP contribution in [-0.4, -0.2) is 24.2 Å². The second-order valence-electron chi connectivity index (χ2n) is 3.87. The maximum absolute atomic E-state index is 11.7. The Balaban J connectivity index is 2.36. The monoisotopic (exact) mass is 259 g/mol. The van der Waals surface area contributed by atoms with Crippen LogP contribution in [-0.2, 0) is 5.88 Å². The van der Waals surface area contributed by atoms with Crippen molar-refractivity contribution in [2.75, 3.05) is 13.2 Å². The van der Waals surface area contributed by atoms with E-state index in [2.05, 4.69) is 5.32 Å². The Bertz CT molecular complexity index is 363. The summed E-state index contributed by atoms with van der Waals surface area (Å²) in [6.07, 6.45) is 2.53. The topological polar surface area (TPSA) is 62.5 Å². The standard InChI is InChI=1S/C12H18ClNO3/c1-9-10(8-13)7-11(17-9)12(16)14-5-3-2-4-6-15/h7,15H,2-6,8H2,1H3,(H,14,16). The summed E-state index contributed by atoms with van der Waals surface area (Å²) >= 11 is 5.70. The van der Waals surface area contributed by atoms with E-state index in [1.807, 2.05) is 0 Å².